The van der Waals surface area contributed by atoms with Gasteiger partial charge < -0.3 is 5.11 Å². The highest BCUT2D eigenvalue weighted by Gasteiger charge is 2.44. The molecule has 0 amide bonds. The van der Waals surface area contributed by atoms with Crippen molar-refractivity contribution in [1.82, 2.24) is 4.98 Å². The van der Waals surface area contributed by atoms with Crippen molar-refractivity contribution >= 4 is 30.0 Å². The van der Waals surface area contributed by atoms with Gasteiger partial charge in [-0.25, -0.2) is 0 Å². The maximum absolute atomic E-state index is 11.3. The molecule has 0 spiro atoms. The number of nitrogens with zero attached hydrogens (tertiary/aromatic N) is 1. The minimum atomic E-state index is -0.773. The molecule has 3 nitrogen and oxygen atoms in total. The Balaban J connectivity index is 0.00000128. The van der Waals surface area contributed by atoms with E-state index in [4.69, 9.17) is 11.6 Å². The highest BCUT2D eigenvalue weighted by molar-refractivity contribution is 6.30. The van der Waals surface area contributed by atoms with Crippen molar-refractivity contribution in [3.63, 3.8) is 0 Å². The molecule has 0 radical (unpaired) electrons. The van der Waals surface area contributed by atoms with Crippen LogP contribution in [0.25, 0.3) is 0 Å². The first-order valence-corrected chi connectivity index (χ1v) is 5.38. The normalized spacial score (nSPS) is 17.8. The highest BCUT2D eigenvalue weighted by Crippen LogP contribution is 2.40. The van der Waals surface area contributed by atoms with E-state index >= 15 is 0 Å². The number of aliphatic carboxylic acids is 1. The van der Waals surface area contributed by atoms with Crippen LogP contribution in [0.15, 0.2) is 18.3 Å². The Hall–Kier alpha value is -0.800. The first-order valence-electron chi connectivity index (χ1n) is 5.00. The Labute approximate surface area is 105 Å². The Morgan fingerprint density at radius 1 is 1.38 bits per heavy atom. The number of pyridine rings is 1. The van der Waals surface area contributed by atoms with Crippen LogP contribution in [0.2, 0.25) is 5.02 Å². The standard InChI is InChI=1S/C11H12ClNO2.ClH/c12-8-3-4-9(13-7-8)11(10(14)15)5-1-2-6-11;/h3-4,7H,1-2,5-6H2,(H,14,15);1H. The second-order valence-electron chi connectivity index (χ2n) is 3.96. The Bertz CT molecular complexity index is 372. The second-order valence-corrected chi connectivity index (χ2v) is 4.39. The lowest BCUT2D eigenvalue weighted by molar-refractivity contribution is -0.143. The summed E-state index contributed by atoms with van der Waals surface area (Å²) >= 11 is 5.73. The highest BCUT2D eigenvalue weighted by atomic mass is 35.5. The van der Waals surface area contributed by atoms with E-state index < -0.39 is 11.4 Å². The fraction of sp³-hybridized carbons (Fsp3) is 0.455. The van der Waals surface area contributed by atoms with Crippen LogP contribution in [0.4, 0.5) is 0 Å². The minimum absolute atomic E-state index is 0. The van der Waals surface area contributed by atoms with E-state index in [9.17, 15) is 9.90 Å². The number of carboxylic acids is 1. The molecular weight excluding hydrogens is 249 g/mol. The third-order valence-electron chi connectivity index (χ3n) is 3.08. The van der Waals surface area contributed by atoms with Crippen molar-refractivity contribution in [2.24, 2.45) is 0 Å². The number of hydrogen-bond donors (Lipinski definition) is 1. The molecule has 0 saturated heterocycles. The number of halogens is 2. The summed E-state index contributed by atoms with van der Waals surface area (Å²) in [7, 11) is 0. The summed E-state index contributed by atoms with van der Waals surface area (Å²) in [4.78, 5) is 15.5. The van der Waals surface area contributed by atoms with Crippen molar-refractivity contribution in [1.29, 1.82) is 0 Å². The summed E-state index contributed by atoms with van der Waals surface area (Å²) in [6.07, 6.45) is 4.78. The van der Waals surface area contributed by atoms with Crippen LogP contribution in [-0.4, -0.2) is 16.1 Å². The molecule has 0 unspecified atom stereocenters. The average molecular weight is 262 g/mol. The quantitative estimate of drug-likeness (QED) is 0.891. The van der Waals surface area contributed by atoms with E-state index in [1.165, 1.54) is 6.20 Å². The largest absolute Gasteiger partial charge is 0.481 e. The molecule has 0 aliphatic heterocycles. The zero-order valence-electron chi connectivity index (χ0n) is 8.65. The first-order chi connectivity index (χ1) is 7.15. The van der Waals surface area contributed by atoms with Gasteiger partial charge in [0.05, 0.1) is 10.7 Å². The van der Waals surface area contributed by atoms with Crippen LogP contribution in [0.3, 0.4) is 0 Å². The lowest BCUT2D eigenvalue weighted by Gasteiger charge is -2.22. The third kappa shape index (κ3) is 2.15. The summed E-state index contributed by atoms with van der Waals surface area (Å²) in [6.45, 7) is 0. The molecule has 1 aromatic rings. The van der Waals surface area contributed by atoms with Crippen molar-refractivity contribution in [3.05, 3.63) is 29.0 Å². The molecule has 1 aromatic heterocycles. The summed E-state index contributed by atoms with van der Waals surface area (Å²) < 4.78 is 0. The lowest BCUT2D eigenvalue weighted by Crippen LogP contribution is -2.33. The maximum Gasteiger partial charge on any atom is 0.315 e. The first kappa shape index (κ1) is 13.3. The van der Waals surface area contributed by atoms with Crippen LogP contribution in [-0.2, 0) is 10.2 Å². The van der Waals surface area contributed by atoms with E-state index in [1.807, 2.05) is 0 Å². The molecule has 2 rings (SSSR count). The molecule has 1 N–H and O–H groups in total. The van der Waals surface area contributed by atoms with E-state index in [0.29, 0.717) is 23.6 Å². The zero-order chi connectivity index (χ0) is 10.9. The van der Waals surface area contributed by atoms with E-state index in [-0.39, 0.29) is 12.4 Å². The van der Waals surface area contributed by atoms with Crippen molar-refractivity contribution < 1.29 is 9.90 Å². The zero-order valence-corrected chi connectivity index (χ0v) is 10.2. The molecule has 1 aliphatic carbocycles. The third-order valence-corrected chi connectivity index (χ3v) is 3.31. The van der Waals surface area contributed by atoms with Gasteiger partial charge in [0.25, 0.3) is 0 Å². The monoisotopic (exact) mass is 261 g/mol. The molecule has 1 fully saturated rings. The molecule has 1 heterocycles. The molecule has 5 heteroatoms. The Kier molecular flexibility index (Phi) is 4.16. The molecule has 0 bridgehead atoms. The van der Waals surface area contributed by atoms with Crippen molar-refractivity contribution in [3.8, 4) is 0 Å². The van der Waals surface area contributed by atoms with Crippen LogP contribution >= 0.6 is 24.0 Å². The Morgan fingerprint density at radius 3 is 2.44 bits per heavy atom. The molecular formula is C11H13Cl2NO2. The van der Waals surface area contributed by atoms with Gasteiger partial charge in [0, 0.05) is 6.20 Å². The second kappa shape index (κ2) is 5.02. The van der Waals surface area contributed by atoms with Gasteiger partial charge in [-0.15, -0.1) is 12.4 Å². The molecule has 1 aliphatic rings. The van der Waals surface area contributed by atoms with Crippen molar-refractivity contribution in [2.45, 2.75) is 31.1 Å². The summed E-state index contributed by atoms with van der Waals surface area (Å²) in [5.41, 5.74) is -0.137. The predicted molar refractivity (Wildman–Crippen MR) is 64.3 cm³/mol. The smallest absolute Gasteiger partial charge is 0.315 e. The van der Waals surface area contributed by atoms with E-state index in [0.717, 1.165) is 12.8 Å². The fourth-order valence-electron chi connectivity index (χ4n) is 2.22. The lowest BCUT2D eigenvalue weighted by atomic mass is 9.82. The number of carbonyl (C=O) groups is 1. The summed E-state index contributed by atoms with van der Waals surface area (Å²) in [6, 6.07) is 3.43. The van der Waals surface area contributed by atoms with Crippen LogP contribution in [0.5, 0.6) is 0 Å². The van der Waals surface area contributed by atoms with Gasteiger partial charge in [0.2, 0.25) is 0 Å². The number of hydrogen-bond acceptors (Lipinski definition) is 2. The Morgan fingerprint density at radius 2 is 2.00 bits per heavy atom. The van der Waals surface area contributed by atoms with Gasteiger partial charge >= 0.3 is 5.97 Å². The summed E-state index contributed by atoms with van der Waals surface area (Å²) in [5, 5.41) is 9.85. The van der Waals surface area contributed by atoms with Crippen LogP contribution in [0, 0.1) is 0 Å². The summed E-state index contributed by atoms with van der Waals surface area (Å²) in [5.74, 6) is -0.769. The number of carboxylic acid groups (broad SMARTS) is 1. The topological polar surface area (TPSA) is 50.2 Å². The van der Waals surface area contributed by atoms with Crippen molar-refractivity contribution in [2.75, 3.05) is 0 Å². The molecule has 88 valence electrons. The van der Waals surface area contributed by atoms with Crippen LogP contribution < -0.4 is 0 Å². The molecule has 1 saturated carbocycles. The number of aromatic nitrogens is 1. The molecule has 0 atom stereocenters. The minimum Gasteiger partial charge on any atom is -0.481 e. The molecule has 16 heavy (non-hydrogen) atoms. The SMILES string of the molecule is Cl.O=C(O)C1(c2ccc(Cl)cn2)CCCC1. The average Bonchev–Trinajstić information content (AvgIpc) is 2.69. The van der Waals surface area contributed by atoms with Gasteiger partial charge in [-0.05, 0) is 25.0 Å². The van der Waals surface area contributed by atoms with Crippen LogP contribution in [0.1, 0.15) is 31.4 Å². The fourth-order valence-corrected chi connectivity index (χ4v) is 2.33. The van der Waals surface area contributed by atoms with E-state index in [1.54, 1.807) is 12.1 Å². The van der Waals surface area contributed by atoms with Gasteiger partial charge in [0.15, 0.2) is 0 Å². The van der Waals surface area contributed by atoms with E-state index in [2.05, 4.69) is 4.98 Å². The van der Waals surface area contributed by atoms with Gasteiger partial charge in [-0.2, -0.15) is 0 Å². The van der Waals surface area contributed by atoms with Gasteiger partial charge in [-0.1, -0.05) is 24.4 Å². The van der Waals surface area contributed by atoms with Gasteiger partial charge in [0.1, 0.15) is 5.41 Å². The molecule has 0 aromatic carbocycles. The van der Waals surface area contributed by atoms with Gasteiger partial charge in [-0.3, -0.25) is 9.78 Å². The number of rotatable bonds is 2. The maximum atomic E-state index is 11.3. The predicted octanol–water partition coefficient (Wildman–Crippen LogP) is 3.05.